The standard InChI is InChI=1S/C18H11Cl2NO5/c1-23-14-5-9(6-15-16(14)25-8-24-15)4-13-18(22)26-17(21-13)11-3-2-10(19)7-12(11)20/h2-7H,8H2,1H3/b13-4-. The van der Waals surface area contributed by atoms with Crippen molar-refractivity contribution >= 4 is 41.1 Å². The SMILES string of the molecule is COc1cc(/C=C2\N=C(c3ccc(Cl)cc3Cl)OC2=O)cc2c1OCO2. The van der Waals surface area contributed by atoms with Crippen LogP contribution in [0.3, 0.4) is 0 Å². The number of benzene rings is 2. The van der Waals surface area contributed by atoms with Crippen LogP contribution < -0.4 is 14.2 Å². The van der Waals surface area contributed by atoms with Gasteiger partial charge in [0.15, 0.2) is 17.2 Å². The maximum atomic E-state index is 12.2. The molecule has 2 aliphatic heterocycles. The Morgan fingerprint density at radius 3 is 2.81 bits per heavy atom. The minimum Gasteiger partial charge on any atom is -0.493 e. The number of cyclic esters (lactones) is 1. The summed E-state index contributed by atoms with van der Waals surface area (Å²) in [5.74, 6) is 1.11. The highest BCUT2D eigenvalue weighted by Gasteiger charge is 2.26. The molecular weight excluding hydrogens is 381 g/mol. The Morgan fingerprint density at radius 1 is 1.19 bits per heavy atom. The number of ether oxygens (including phenoxy) is 4. The van der Waals surface area contributed by atoms with Crippen LogP contribution in [0.2, 0.25) is 10.0 Å². The minimum atomic E-state index is -0.581. The molecule has 0 atom stereocenters. The maximum Gasteiger partial charge on any atom is 0.363 e. The largest absolute Gasteiger partial charge is 0.493 e. The third-order valence-corrected chi connectivity index (χ3v) is 4.31. The lowest BCUT2D eigenvalue weighted by atomic mass is 10.1. The van der Waals surface area contributed by atoms with E-state index in [9.17, 15) is 4.79 Å². The molecule has 2 aromatic rings. The first-order valence-electron chi connectivity index (χ1n) is 7.51. The van der Waals surface area contributed by atoms with Gasteiger partial charge in [0.2, 0.25) is 18.4 Å². The highest BCUT2D eigenvalue weighted by molar-refractivity contribution is 6.37. The van der Waals surface area contributed by atoms with E-state index in [4.69, 9.17) is 42.1 Å². The Labute approximate surface area is 158 Å². The molecule has 0 N–H and O–H groups in total. The Hall–Kier alpha value is -2.70. The van der Waals surface area contributed by atoms with Gasteiger partial charge in [-0.3, -0.25) is 0 Å². The lowest BCUT2D eigenvalue weighted by Gasteiger charge is -2.05. The highest BCUT2D eigenvalue weighted by atomic mass is 35.5. The highest BCUT2D eigenvalue weighted by Crippen LogP contribution is 2.42. The molecule has 0 fully saturated rings. The molecular formula is C18H11Cl2NO5. The third-order valence-electron chi connectivity index (χ3n) is 3.77. The number of rotatable bonds is 3. The predicted molar refractivity (Wildman–Crippen MR) is 96.2 cm³/mol. The smallest absolute Gasteiger partial charge is 0.363 e. The number of nitrogens with zero attached hydrogens (tertiary/aromatic N) is 1. The van der Waals surface area contributed by atoms with Gasteiger partial charge in [0, 0.05) is 5.02 Å². The van der Waals surface area contributed by atoms with Gasteiger partial charge in [-0.1, -0.05) is 23.2 Å². The van der Waals surface area contributed by atoms with E-state index < -0.39 is 5.97 Å². The van der Waals surface area contributed by atoms with Crippen LogP contribution in [0.1, 0.15) is 11.1 Å². The minimum absolute atomic E-state index is 0.116. The number of aliphatic imine (C=N–C) groups is 1. The van der Waals surface area contributed by atoms with Crippen molar-refractivity contribution in [2.24, 2.45) is 4.99 Å². The van der Waals surface area contributed by atoms with Crippen molar-refractivity contribution in [3.05, 3.63) is 57.2 Å². The first-order valence-corrected chi connectivity index (χ1v) is 8.26. The fraction of sp³-hybridized carbons (Fsp3) is 0.111. The van der Waals surface area contributed by atoms with Crippen LogP contribution in [0.5, 0.6) is 17.2 Å². The number of esters is 1. The molecule has 0 aromatic heterocycles. The molecule has 0 radical (unpaired) electrons. The van der Waals surface area contributed by atoms with E-state index in [2.05, 4.69) is 4.99 Å². The summed E-state index contributed by atoms with van der Waals surface area (Å²) in [6, 6.07) is 8.29. The number of carbonyl (C=O) groups excluding carboxylic acids is 1. The van der Waals surface area contributed by atoms with Crippen molar-refractivity contribution in [2.75, 3.05) is 13.9 Å². The van der Waals surface area contributed by atoms with E-state index in [1.54, 1.807) is 36.4 Å². The van der Waals surface area contributed by atoms with Crippen LogP contribution in [0.4, 0.5) is 0 Å². The van der Waals surface area contributed by atoms with Crippen molar-refractivity contribution in [3.63, 3.8) is 0 Å². The van der Waals surface area contributed by atoms with E-state index in [1.807, 2.05) is 0 Å². The van der Waals surface area contributed by atoms with Gasteiger partial charge >= 0.3 is 5.97 Å². The lowest BCUT2D eigenvalue weighted by Crippen LogP contribution is -2.05. The Balaban J connectivity index is 1.71. The van der Waals surface area contributed by atoms with Gasteiger partial charge in [-0.2, -0.15) is 0 Å². The van der Waals surface area contributed by atoms with Crippen LogP contribution in [0.15, 0.2) is 41.0 Å². The second kappa shape index (κ2) is 6.55. The predicted octanol–water partition coefficient (Wildman–Crippen LogP) is 4.08. The average molecular weight is 392 g/mol. The summed E-state index contributed by atoms with van der Waals surface area (Å²) >= 11 is 12.0. The van der Waals surface area contributed by atoms with Crippen LogP contribution in [0, 0.1) is 0 Å². The van der Waals surface area contributed by atoms with Crippen molar-refractivity contribution in [1.82, 2.24) is 0 Å². The second-order valence-corrected chi connectivity index (χ2v) is 6.26. The summed E-state index contributed by atoms with van der Waals surface area (Å²) in [5.41, 5.74) is 1.27. The molecule has 0 aliphatic carbocycles. The van der Waals surface area contributed by atoms with Gasteiger partial charge in [0.05, 0.1) is 17.7 Å². The van der Waals surface area contributed by atoms with Crippen LogP contribution in [-0.4, -0.2) is 25.8 Å². The topological polar surface area (TPSA) is 66.4 Å². The fourth-order valence-corrected chi connectivity index (χ4v) is 3.07. The molecule has 0 amide bonds. The first kappa shape index (κ1) is 16.8. The molecule has 0 bridgehead atoms. The van der Waals surface area contributed by atoms with Crippen LogP contribution in [-0.2, 0) is 9.53 Å². The van der Waals surface area contributed by atoms with Crippen LogP contribution in [0.25, 0.3) is 6.08 Å². The molecule has 2 aromatic carbocycles. The molecule has 0 saturated heterocycles. The van der Waals surface area contributed by atoms with Gasteiger partial charge in [0.25, 0.3) is 0 Å². The number of hydrogen-bond acceptors (Lipinski definition) is 6. The maximum absolute atomic E-state index is 12.2. The third kappa shape index (κ3) is 2.98. The van der Waals surface area contributed by atoms with E-state index in [0.717, 1.165) is 0 Å². The van der Waals surface area contributed by atoms with Gasteiger partial charge in [-0.25, -0.2) is 9.79 Å². The van der Waals surface area contributed by atoms with Crippen molar-refractivity contribution in [1.29, 1.82) is 0 Å². The summed E-state index contributed by atoms with van der Waals surface area (Å²) < 4.78 is 21.2. The molecule has 8 heteroatoms. The first-order chi connectivity index (χ1) is 12.5. The molecule has 26 heavy (non-hydrogen) atoms. The molecule has 2 aliphatic rings. The monoisotopic (exact) mass is 391 g/mol. The number of carbonyl (C=O) groups is 1. The van der Waals surface area contributed by atoms with Crippen molar-refractivity contribution < 1.29 is 23.7 Å². The normalized spacial score (nSPS) is 16.7. The summed E-state index contributed by atoms with van der Waals surface area (Å²) in [7, 11) is 1.52. The lowest BCUT2D eigenvalue weighted by molar-refractivity contribution is -0.129. The number of hydrogen-bond donors (Lipinski definition) is 0. The van der Waals surface area contributed by atoms with Crippen molar-refractivity contribution in [2.45, 2.75) is 0 Å². The van der Waals surface area contributed by atoms with Gasteiger partial charge in [0.1, 0.15) is 0 Å². The Kier molecular flexibility index (Phi) is 4.22. The molecule has 6 nitrogen and oxygen atoms in total. The quantitative estimate of drug-likeness (QED) is 0.582. The zero-order valence-electron chi connectivity index (χ0n) is 13.4. The average Bonchev–Trinajstić information content (AvgIpc) is 3.21. The van der Waals surface area contributed by atoms with E-state index in [-0.39, 0.29) is 18.4 Å². The van der Waals surface area contributed by atoms with E-state index in [0.29, 0.717) is 38.4 Å². The van der Waals surface area contributed by atoms with Crippen molar-refractivity contribution in [3.8, 4) is 17.2 Å². The summed E-state index contributed by atoms with van der Waals surface area (Å²) in [5, 5.41) is 0.821. The van der Waals surface area contributed by atoms with E-state index >= 15 is 0 Å². The zero-order chi connectivity index (χ0) is 18.3. The molecule has 2 heterocycles. The summed E-state index contributed by atoms with van der Waals surface area (Å²) in [4.78, 5) is 16.4. The molecule has 0 unspecified atom stereocenters. The second-order valence-electron chi connectivity index (χ2n) is 5.42. The molecule has 0 spiro atoms. The summed E-state index contributed by atoms with van der Waals surface area (Å²) in [6.45, 7) is 0.116. The van der Waals surface area contributed by atoms with Gasteiger partial charge in [-0.15, -0.1) is 0 Å². The van der Waals surface area contributed by atoms with E-state index in [1.165, 1.54) is 7.11 Å². The molecule has 0 saturated carbocycles. The number of methoxy groups -OCH3 is 1. The molecule has 4 rings (SSSR count). The summed E-state index contributed by atoms with van der Waals surface area (Å²) in [6.07, 6.45) is 1.57. The van der Waals surface area contributed by atoms with Gasteiger partial charge in [-0.05, 0) is 42.0 Å². The fourth-order valence-electron chi connectivity index (χ4n) is 2.58. The number of fused-ring (bicyclic) bond motifs is 1. The molecule has 132 valence electrons. The van der Waals surface area contributed by atoms with Gasteiger partial charge < -0.3 is 18.9 Å². The number of halogens is 2. The Bertz CT molecular complexity index is 984. The zero-order valence-corrected chi connectivity index (χ0v) is 14.9. The van der Waals surface area contributed by atoms with Crippen LogP contribution >= 0.6 is 23.2 Å². The Morgan fingerprint density at radius 2 is 2.04 bits per heavy atom.